The average Bonchev–Trinajstić information content (AvgIpc) is 3.37. The monoisotopic (exact) mass is 496 g/mol. The predicted octanol–water partition coefficient (Wildman–Crippen LogP) is 2.79. The zero-order chi connectivity index (χ0) is 25.9. The number of carbonyl (C=O) groups is 2. The molecular formula is C25H36N8O3. The Kier molecular flexibility index (Phi) is 7.60. The molecular weight excluding hydrogens is 460 g/mol. The second-order valence-corrected chi connectivity index (χ2v) is 10.1. The number of urea groups is 1. The Hall–Kier alpha value is -3.44. The predicted molar refractivity (Wildman–Crippen MR) is 138 cm³/mol. The van der Waals surface area contributed by atoms with Crippen LogP contribution in [0.15, 0.2) is 31.0 Å². The van der Waals surface area contributed by atoms with Crippen LogP contribution in [0, 0.1) is 5.92 Å². The third kappa shape index (κ3) is 5.52. The Morgan fingerprint density at radius 1 is 1.33 bits per heavy atom. The number of hydrogen-bond donors (Lipinski definition) is 4. The number of nitrogens with one attached hydrogen (secondary N) is 4. The molecule has 1 atom stereocenters. The minimum absolute atomic E-state index is 0.0474. The standard InChI is InChI=1S/C25H36N8O3/c1-6-21(34)27-17-7-8-20(26-13-17)29-23-18-14-33(25(2,3)22(18)30-31-23)24(35)28-19(15-32(4)5)16-9-11-36-12-10-16/h6-8,13,16,19H,1,9-12,14-15H2,2-5H3,(H,27,34)(H,28,35)(H2,26,29,30,31)/t19-/m1/s1. The Labute approximate surface area is 211 Å². The molecule has 2 aromatic heterocycles. The lowest BCUT2D eigenvalue weighted by atomic mass is 9.91. The largest absolute Gasteiger partial charge is 0.381 e. The van der Waals surface area contributed by atoms with Gasteiger partial charge in [0.15, 0.2) is 5.82 Å². The molecule has 3 amide bonds. The molecule has 0 spiro atoms. The van der Waals surface area contributed by atoms with Crippen LogP contribution in [0.25, 0.3) is 0 Å². The van der Waals surface area contributed by atoms with E-state index in [0.717, 1.165) is 43.9 Å². The van der Waals surface area contributed by atoms with Crippen LogP contribution < -0.4 is 16.0 Å². The van der Waals surface area contributed by atoms with E-state index in [0.29, 0.717) is 29.8 Å². The quantitative estimate of drug-likeness (QED) is 0.414. The zero-order valence-electron chi connectivity index (χ0n) is 21.4. The molecule has 4 rings (SSSR count). The van der Waals surface area contributed by atoms with Gasteiger partial charge >= 0.3 is 6.03 Å². The highest BCUT2D eigenvalue weighted by Gasteiger charge is 2.44. The number of hydrogen-bond acceptors (Lipinski definition) is 7. The van der Waals surface area contributed by atoms with Crippen molar-refractivity contribution in [1.82, 2.24) is 30.3 Å². The highest BCUT2D eigenvalue weighted by atomic mass is 16.5. The summed E-state index contributed by atoms with van der Waals surface area (Å²) in [5.41, 5.74) is 1.83. The van der Waals surface area contributed by atoms with E-state index in [1.54, 1.807) is 18.3 Å². The van der Waals surface area contributed by atoms with Gasteiger partial charge < -0.3 is 30.5 Å². The Morgan fingerprint density at radius 3 is 2.72 bits per heavy atom. The van der Waals surface area contributed by atoms with Gasteiger partial charge in [0.05, 0.1) is 29.7 Å². The van der Waals surface area contributed by atoms with E-state index >= 15 is 0 Å². The van der Waals surface area contributed by atoms with Crippen LogP contribution in [-0.4, -0.2) is 76.8 Å². The summed E-state index contributed by atoms with van der Waals surface area (Å²) in [5.74, 6) is 1.29. The summed E-state index contributed by atoms with van der Waals surface area (Å²) in [6.45, 7) is 10.2. The lowest BCUT2D eigenvalue weighted by Gasteiger charge is -2.37. The van der Waals surface area contributed by atoms with Crippen LogP contribution in [0.2, 0.25) is 0 Å². The smallest absolute Gasteiger partial charge is 0.318 e. The summed E-state index contributed by atoms with van der Waals surface area (Å²) in [5, 5.41) is 16.8. The Bertz CT molecular complexity index is 1090. The van der Waals surface area contributed by atoms with Gasteiger partial charge in [-0.15, -0.1) is 0 Å². The highest BCUT2D eigenvalue weighted by Crippen LogP contribution is 2.41. The van der Waals surface area contributed by atoms with Crippen LogP contribution in [0.4, 0.5) is 22.1 Å². The summed E-state index contributed by atoms with van der Waals surface area (Å²) in [6, 6.07) is 3.46. The summed E-state index contributed by atoms with van der Waals surface area (Å²) in [7, 11) is 4.06. The van der Waals surface area contributed by atoms with Gasteiger partial charge in [0.1, 0.15) is 5.82 Å². The van der Waals surface area contributed by atoms with Crippen molar-refractivity contribution in [3.63, 3.8) is 0 Å². The first-order chi connectivity index (χ1) is 17.2. The molecule has 0 unspecified atom stereocenters. The molecule has 1 saturated heterocycles. The number of pyridine rings is 1. The number of carbonyl (C=O) groups excluding carboxylic acids is 2. The van der Waals surface area contributed by atoms with Gasteiger partial charge in [0.25, 0.3) is 0 Å². The Balaban J connectivity index is 1.46. The molecule has 0 bridgehead atoms. The minimum Gasteiger partial charge on any atom is -0.381 e. The number of aromatic nitrogens is 3. The maximum Gasteiger partial charge on any atom is 0.318 e. The van der Waals surface area contributed by atoms with E-state index in [2.05, 4.69) is 42.6 Å². The first-order valence-corrected chi connectivity index (χ1v) is 12.2. The van der Waals surface area contributed by atoms with Crippen molar-refractivity contribution < 1.29 is 14.3 Å². The molecule has 2 aliphatic heterocycles. The summed E-state index contributed by atoms with van der Waals surface area (Å²) in [6.07, 6.45) is 4.65. The van der Waals surface area contributed by atoms with Crippen LogP contribution in [0.3, 0.4) is 0 Å². The molecule has 36 heavy (non-hydrogen) atoms. The molecule has 4 heterocycles. The maximum atomic E-state index is 13.5. The first-order valence-electron chi connectivity index (χ1n) is 12.2. The van der Waals surface area contributed by atoms with E-state index in [-0.39, 0.29) is 18.0 Å². The SMILES string of the molecule is C=CC(=O)Nc1ccc(Nc2n[nH]c3c2CN(C(=O)N[C@H](CN(C)C)C2CCOCC2)C3(C)C)nc1. The molecule has 2 aromatic rings. The lowest BCUT2D eigenvalue weighted by molar-refractivity contribution is -0.111. The number of fused-ring (bicyclic) bond motifs is 1. The van der Waals surface area contributed by atoms with Crippen LogP contribution >= 0.6 is 0 Å². The van der Waals surface area contributed by atoms with E-state index in [1.807, 2.05) is 32.8 Å². The number of nitrogens with zero attached hydrogens (tertiary/aromatic N) is 4. The van der Waals surface area contributed by atoms with E-state index in [1.165, 1.54) is 6.08 Å². The van der Waals surface area contributed by atoms with Crippen LogP contribution in [0.1, 0.15) is 37.9 Å². The molecule has 4 N–H and O–H groups in total. The summed E-state index contributed by atoms with van der Waals surface area (Å²) >= 11 is 0. The van der Waals surface area contributed by atoms with Gasteiger partial charge in [0, 0.05) is 31.4 Å². The van der Waals surface area contributed by atoms with Crippen molar-refractivity contribution in [3.05, 3.63) is 42.2 Å². The van der Waals surface area contributed by atoms with Crippen molar-refractivity contribution >= 4 is 29.3 Å². The van der Waals surface area contributed by atoms with Crippen LogP contribution in [0.5, 0.6) is 0 Å². The van der Waals surface area contributed by atoms with Crippen molar-refractivity contribution in [2.45, 2.75) is 44.8 Å². The van der Waals surface area contributed by atoms with Gasteiger partial charge in [0.2, 0.25) is 5.91 Å². The second-order valence-electron chi connectivity index (χ2n) is 10.1. The summed E-state index contributed by atoms with van der Waals surface area (Å²) < 4.78 is 5.53. The van der Waals surface area contributed by atoms with E-state index in [4.69, 9.17) is 4.74 Å². The second kappa shape index (κ2) is 10.7. The van der Waals surface area contributed by atoms with Crippen molar-refractivity contribution in [2.24, 2.45) is 5.92 Å². The van der Waals surface area contributed by atoms with Crippen molar-refractivity contribution in [2.75, 3.05) is 44.5 Å². The van der Waals surface area contributed by atoms with E-state index < -0.39 is 5.54 Å². The fourth-order valence-electron chi connectivity index (χ4n) is 4.86. The highest BCUT2D eigenvalue weighted by molar-refractivity contribution is 5.98. The maximum absolute atomic E-state index is 13.5. The molecule has 0 aliphatic carbocycles. The molecule has 11 nitrogen and oxygen atoms in total. The van der Waals surface area contributed by atoms with Gasteiger partial charge in [-0.2, -0.15) is 5.10 Å². The fourth-order valence-corrected chi connectivity index (χ4v) is 4.86. The van der Waals surface area contributed by atoms with Gasteiger partial charge in [-0.1, -0.05) is 6.58 Å². The van der Waals surface area contributed by atoms with Gasteiger partial charge in [-0.05, 0) is 64.9 Å². The van der Waals surface area contributed by atoms with Gasteiger partial charge in [-0.25, -0.2) is 9.78 Å². The topological polar surface area (TPSA) is 128 Å². The van der Waals surface area contributed by atoms with Gasteiger partial charge in [-0.3, -0.25) is 9.89 Å². The number of amides is 3. The number of anilines is 3. The molecule has 11 heteroatoms. The third-order valence-electron chi connectivity index (χ3n) is 6.88. The lowest BCUT2D eigenvalue weighted by Crippen LogP contribution is -2.54. The molecule has 0 aromatic carbocycles. The molecule has 194 valence electrons. The fraction of sp³-hybridized carbons (Fsp3) is 0.520. The number of rotatable bonds is 8. The number of H-pyrrole nitrogens is 1. The number of ether oxygens (including phenoxy) is 1. The number of aromatic amines is 1. The third-order valence-corrected chi connectivity index (χ3v) is 6.88. The number of likely N-dealkylation sites (N-methyl/N-ethyl adjacent to an activating group) is 1. The Morgan fingerprint density at radius 2 is 2.08 bits per heavy atom. The minimum atomic E-state index is -0.559. The molecule has 0 radical (unpaired) electrons. The van der Waals surface area contributed by atoms with Crippen LogP contribution in [-0.2, 0) is 21.6 Å². The normalized spacial score (nSPS) is 18.0. The first kappa shape index (κ1) is 25.6. The molecule has 0 saturated carbocycles. The molecule has 1 fully saturated rings. The average molecular weight is 497 g/mol. The zero-order valence-corrected chi connectivity index (χ0v) is 21.4. The van der Waals surface area contributed by atoms with E-state index in [9.17, 15) is 9.59 Å². The van der Waals surface area contributed by atoms with Crippen molar-refractivity contribution in [3.8, 4) is 0 Å². The van der Waals surface area contributed by atoms with Crippen molar-refractivity contribution in [1.29, 1.82) is 0 Å². The summed E-state index contributed by atoms with van der Waals surface area (Å²) in [4.78, 5) is 33.3. The molecule has 2 aliphatic rings.